The molecule has 2 rings (SSSR count). The summed E-state index contributed by atoms with van der Waals surface area (Å²) in [4.78, 5) is 4.26. The van der Waals surface area contributed by atoms with Crippen LogP contribution >= 0.6 is 11.6 Å². The highest BCUT2D eigenvalue weighted by Crippen LogP contribution is 2.24. The first-order valence-electron chi connectivity index (χ1n) is 8.55. The van der Waals surface area contributed by atoms with Crippen molar-refractivity contribution in [2.75, 3.05) is 34.9 Å². The summed E-state index contributed by atoms with van der Waals surface area (Å²) in [5.74, 6) is 2.17. The van der Waals surface area contributed by atoms with E-state index in [1.807, 2.05) is 42.5 Å². The molecular weight excluding hydrogens is 366 g/mol. The zero-order valence-electron chi connectivity index (χ0n) is 16.1. The van der Waals surface area contributed by atoms with Crippen molar-refractivity contribution >= 4 is 17.6 Å². The smallest absolute Gasteiger partial charge is 0.191 e. The molecule has 0 bridgehead atoms. The van der Waals surface area contributed by atoms with Crippen LogP contribution < -0.4 is 20.1 Å². The number of aliphatic imine (C=N–C) groups is 1. The quantitative estimate of drug-likeness (QED) is 0.533. The van der Waals surface area contributed by atoms with Gasteiger partial charge in [0.05, 0.1) is 20.3 Å². The Hall–Kier alpha value is -2.44. The molecule has 0 aliphatic heterocycles. The third-order valence-corrected chi connectivity index (χ3v) is 4.36. The lowest BCUT2D eigenvalue weighted by molar-refractivity contribution is 0.106. The Kier molecular flexibility index (Phi) is 8.23. The number of nitrogens with one attached hydrogen (secondary N) is 2. The van der Waals surface area contributed by atoms with E-state index in [1.165, 1.54) is 0 Å². The van der Waals surface area contributed by atoms with E-state index in [4.69, 9.17) is 25.8 Å². The lowest BCUT2D eigenvalue weighted by Gasteiger charge is -2.19. The lowest BCUT2D eigenvalue weighted by atomic mass is 10.1. The monoisotopic (exact) mass is 391 g/mol. The van der Waals surface area contributed by atoms with Gasteiger partial charge in [0.25, 0.3) is 0 Å². The van der Waals surface area contributed by atoms with E-state index in [1.54, 1.807) is 28.4 Å². The van der Waals surface area contributed by atoms with Crippen molar-refractivity contribution in [1.82, 2.24) is 10.6 Å². The van der Waals surface area contributed by atoms with Crippen LogP contribution in [0.4, 0.5) is 0 Å². The third-order valence-electron chi connectivity index (χ3n) is 4.12. The Morgan fingerprint density at radius 3 is 2.52 bits per heavy atom. The fourth-order valence-corrected chi connectivity index (χ4v) is 2.83. The average molecular weight is 392 g/mol. The van der Waals surface area contributed by atoms with Gasteiger partial charge in [-0.2, -0.15) is 0 Å². The van der Waals surface area contributed by atoms with Crippen molar-refractivity contribution < 1.29 is 14.2 Å². The molecule has 2 aromatic rings. The van der Waals surface area contributed by atoms with Gasteiger partial charge in [0.1, 0.15) is 11.5 Å². The fraction of sp³-hybridized carbons (Fsp3) is 0.350. The number of ether oxygens (including phenoxy) is 3. The van der Waals surface area contributed by atoms with Crippen molar-refractivity contribution in [3.8, 4) is 11.5 Å². The van der Waals surface area contributed by atoms with Crippen LogP contribution in [0.3, 0.4) is 0 Å². The Bertz CT molecular complexity index is 768. The summed E-state index contributed by atoms with van der Waals surface area (Å²) in [5, 5.41) is 7.23. The van der Waals surface area contributed by atoms with Crippen molar-refractivity contribution in [2.45, 2.75) is 12.6 Å². The maximum Gasteiger partial charge on any atom is 0.191 e. The van der Waals surface area contributed by atoms with E-state index in [9.17, 15) is 0 Å². The topological polar surface area (TPSA) is 64.1 Å². The summed E-state index contributed by atoms with van der Waals surface area (Å²) in [7, 11) is 6.66. The third kappa shape index (κ3) is 6.05. The van der Waals surface area contributed by atoms with Gasteiger partial charge >= 0.3 is 0 Å². The number of methoxy groups -OCH3 is 3. The molecule has 1 atom stereocenters. The Labute approximate surface area is 165 Å². The molecule has 0 heterocycles. The molecule has 0 amide bonds. The molecule has 2 N–H and O–H groups in total. The van der Waals surface area contributed by atoms with Crippen LogP contribution in [0.15, 0.2) is 47.5 Å². The molecule has 0 aromatic heterocycles. The lowest BCUT2D eigenvalue weighted by Crippen LogP contribution is -2.39. The maximum absolute atomic E-state index is 6.07. The molecule has 0 radical (unpaired) electrons. The molecule has 146 valence electrons. The Morgan fingerprint density at radius 2 is 1.89 bits per heavy atom. The average Bonchev–Trinajstić information content (AvgIpc) is 2.70. The number of nitrogens with zero attached hydrogens (tertiary/aromatic N) is 1. The van der Waals surface area contributed by atoms with Gasteiger partial charge in [0.15, 0.2) is 5.96 Å². The summed E-state index contributed by atoms with van der Waals surface area (Å²) < 4.78 is 16.2. The van der Waals surface area contributed by atoms with E-state index in [2.05, 4.69) is 15.6 Å². The summed E-state index contributed by atoms with van der Waals surface area (Å²) >= 11 is 6.07. The van der Waals surface area contributed by atoms with Gasteiger partial charge in [-0.1, -0.05) is 23.7 Å². The standard InChI is InChI=1S/C20H26ClN3O3/c1-22-20(23-12-15-8-9-17(25-2)11-18(15)26-3)24-13-19(27-4)14-6-5-7-16(21)10-14/h5-11,19H,12-13H2,1-4H3,(H2,22,23,24). The largest absolute Gasteiger partial charge is 0.497 e. The van der Waals surface area contributed by atoms with E-state index in [-0.39, 0.29) is 6.10 Å². The molecule has 7 heteroatoms. The van der Waals surface area contributed by atoms with Crippen LogP contribution in [0.5, 0.6) is 11.5 Å². The van der Waals surface area contributed by atoms with E-state index >= 15 is 0 Å². The van der Waals surface area contributed by atoms with Gasteiger partial charge in [-0.15, -0.1) is 0 Å². The summed E-state index contributed by atoms with van der Waals surface area (Å²) in [5.41, 5.74) is 2.00. The molecule has 0 saturated heterocycles. The van der Waals surface area contributed by atoms with Gasteiger partial charge in [-0.25, -0.2) is 0 Å². The Balaban J connectivity index is 1.96. The zero-order valence-corrected chi connectivity index (χ0v) is 16.8. The first-order valence-corrected chi connectivity index (χ1v) is 8.92. The number of benzene rings is 2. The van der Waals surface area contributed by atoms with Crippen LogP contribution in [-0.4, -0.2) is 40.9 Å². The van der Waals surface area contributed by atoms with Crippen LogP contribution in [0.25, 0.3) is 0 Å². The highest BCUT2D eigenvalue weighted by atomic mass is 35.5. The van der Waals surface area contributed by atoms with Gasteiger partial charge in [0.2, 0.25) is 0 Å². The molecule has 0 spiro atoms. The molecule has 0 saturated carbocycles. The second kappa shape index (κ2) is 10.6. The minimum atomic E-state index is -0.141. The van der Waals surface area contributed by atoms with Crippen LogP contribution in [0, 0.1) is 0 Å². The molecule has 0 aliphatic carbocycles. The molecule has 2 aromatic carbocycles. The second-order valence-electron chi connectivity index (χ2n) is 5.76. The van der Waals surface area contributed by atoms with Crippen LogP contribution in [0.1, 0.15) is 17.2 Å². The first-order chi connectivity index (χ1) is 13.1. The molecule has 27 heavy (non-hydrogen) atoms. The van der Waals surface area contributed by atoms with Gasteiger partial charge < -0.3 is 24.8 Å². The fourth-order valence-electron chi connectivity index (χ4n) is 2.63. The molecular formula is C20H26ClN3O3. The predicted octanol–water partition coefficient (Wildman–Crippen LogP) is 3.41. The number of guanidine groups is 1. The maximum atomic E-state index is 6.07. The normalized spacial score (nSPS) is 12.4. The Morgan fingerprint density at radius 1 is 1.07 bits per heavy atom. The van der Waals surface area contributed by atoms with Crippen molar-refractivity contribution in [3.63, 3.8) is 0 Å². The summed E-state index contributed by atoms with van der Waals surface area (Å²) in [6.07, 6.45) is -0.141. The van der Waals surface area contributed by atoms with Crippen LogP contribution in [0.2, 0.25) is 5.02 Å². The van der Waals surface area contributed by atoms with Gasteiger partial charge in [-0.3, -0.25) is 4.99 Å². The minimum absolute atomic E-state index is 0.141. The molecule has 0 aliphatic rings. The van der Waals surface area contributed by atoms with Gasteiger partial charge in [-0.05, 0) is 29.8 Å². The number of hydrogen-bond donors (Lipinski definition) is 2. The first kappa shape index (κ1) is 20.9. The van der Waals surface area contributed by atoms with Crippen LogP contribution in [-0.2, 0) is 11.3 Å². The molecule has 6 nitrogen and oxygen atoms in total. The minimum Gasteiger partial charge on any atom is -0.497 e. The van der Waals surface area contributed by atoms with E-state index in [0.29, 0.717) is 24.1 Å². The second-order valence-corrected chi connectivity index (χ2v) is 6.20. The van der Waals surface area contributed by atoms with Crippen molar-refractivity contribution in [1.29, 1.82) is 0 Å². The number of hydrogen-bond acceptors (Lipinski definition) is 4. The summed E-state index contributed by atoms with van der Waals surface area (Å²) in [6.45, 7) is 1.11. The van der Waals surface area contributed by atoms with Gasteiger partial charge in [0, 0.05) is 43.9 Å². The zero-order chi connectivity index (χ0) is 19.6. The number of halogens is 1. The summed E-state index contributed by atoms with van der Waals surface area (Å²) in [6, 6.07) is 13.3. The van der Waals surface area contributed by atoms with Crippen molar-refractivity contribution in [2.24, 2.45) is 4.99 Å². The molecule has 1 unspecified atom stereocenters. The van der Waals surface area contributed by atoms with Crippen molar-refractivity contribution in [3.05, 3.63) is 58.6 Å². The highest BCUT2D eigenvalue weighted by Gasteiger charge is 2.12. The van der Waals surface area contributed by atoms with E-state index in [0.717, 1.165) is 22.6 Å². The predicted molar refractivity (Wildman–Crippen MR) is 109 cm³/mol. The SMILES string of the molecule is CN=C(NCc1ccc(OC)cc1OC)NCC(OC)c1cccc(Cl)c1. The highest BCUT2D eigenvalue weighted by molar-refractivity contribution is 6.30. The molecule has 0 fully saturated rings. The number of rotatable bonds is 8. The van der Waals surface area contributed by atoms with E-state index < -0.39 is 0 Å².